The predicted octanol–water partition coefficient (Wildman–Crippen LogP) is 2.99. The Labute approximate surface area is 85.9 Å². The average Bonchev–Trinajstić information content (AvgIpc) is 2.26. The van der Waals surface area contributed by atoms with Crippen molar-refractivity contribution in [3.63, 3.8) is 0 Å². The molecule has 1 heteroatoms. The molecule has 0 amide bonds. The molecule has 2 N–H and O–H groups in total. The fourth-order valence-electron chi connectivity index (χ4n) is 1.19. The maximum Gasteiger partial charge on any atom is 0.0139 e. The van der Waals surface area contributed by atoms with Crippen LogP contribution in [0.2, 0.25) is 0 Å². The van der Waals surface area contributed by atoms with Gasteiger partial charge in [-0.15, -0.1) is 0 Å². The van der Waals surface area contributed by atoms with Crippen molar-refractivity contribution >= 4 is 6.08 Å². The highest BCUT2D eigenvalue weighted by atomic mass is 14.5. The summed E-state index contributed by atoms with van der Waals surface area (Å²) >= 11 is 0. The second-order valence-corrected chi connectivity index (χ2v) is 3.15. The maximum atomic E-state index is 5.56. The van der Waals surface area contributed by atoms with Crippen molar-refractivity contribution in [2.24, 2.45) is 5.73 Å². The van der Waals surface area contributed by atoms with E-state index in [9.17, 15) is 0 Å². The number of hydrogen-bond acceptors (Lipinski definition) is 1. The first kappa shape index (κ1) is 10.7. The third-order valence-corrected chi connectivity index (χ3v) is 2.14. The second kappa shape index (κ2) is 6.17. The van der Waals surface area contributed by atoms with Crippen molar-refractivity contribution in [3.05, 3.63) is 53.6 Å². The lowest BCUT2D eigenvalue weighted by Crippen LogP contribution is -2.01. The van der Waals surface area contributed by atoms with Gasteiger partial charge in [-0.3, -0.25) is 0 Å². The standard InChI is InChI=1S/C13H17N/c1-2-12(11-14)9-6-10-13-7-4-3-5-8-13/h3-10H,2,11,14H2,1H3. The molecule has 0 heterocycles. The molecule has 0 atom stereocenters. The van der Waals surface area contributed by atoms with Crippen molar-refractivity contribution in [1.29, 1.82) is 0 Å². The molecule has 0 unspecified atom stereocenters. The Morgan fingerprint density at radius 3 is 2.57 bits per heavy atom. The van der Waals surface area contributed by atoms with Gasteiger partial charge in [0.15, 0.2) is 0 Å². The first-order valence-electron chi connectivity index (χ1n) is 4.98. The molecule has 74 valence electrons. The van der Waals surface area contributed by atoms with Gasteiger partial charge in [-0.1, -0.05) is 61.1 Å². The molecule has 0 aliphatic carbocycles. The molecule has 0 fully saturated rings. The van der Waals surface area contributed by atoms with Gasteiger partial charge in [0.05, 0.1) is 0 Å². The van der Waals surface area contributed by atoms with Gasteiger partial charge < -0.3 is 5.73 Å². The van der Waals surface area contributed by atoms with Gasteiger partial charge >= 0.3 is 0 Å². The first-order valence-corrected chi connectivity index (χ1v) is 4.98. The van der Waals surface area contributed by atoms with Crippen molar-refractivity contribution in [1.82, 2.24) is 0 Å². The third kappa shape index (κ3) is 3.58. The van der Waals surface area contributed by atoms with Gasteiger partial charge in [-0.2, -0.15) is 0 Å². The number of benzene rings is 1. The van der Waals surface area contributed by atoms with Crippen LogP contribution >= 0.6 is 0 Å². The van der Waals surface area contributed by atoms with Gasteiger partial charge in [-0.25, -0.2) is 0 Å². The monoisotopic (exact) mass is 187 g/mol. The molecule has 14 heavy (non-hydrogen) atoms. The van der Waals surface area contributed by atoms with E-state index in [0.717, 1.165) is 6.42 Å². The minimum atomic E-state index is 0.648. The van der Waals surface area contributed by atoms with Gasteiger partial charge in [0.25, 0.3) is 0 Å². The summed E-state index contributed by atoms with van der Waals surface area (Å²) in [4.78, 5) is 0. The van der Waals surface area contributed by atoms with Gasteiger partial charge in [-0.05, 0) is 12.0 Å². The first-order chi connectivity index (χ1) is 6.86. The number of nitrogens with two attached hydrogens (primary N) is 1. The van der Waals surface area contributed by atoms with Crippen LogP contribution in [-0.2, 0) is 0 Å². The highest BCUT2D eigenvalue weighted by Crippen LogP contribution is 2.03. The Bertz CT molecular complexity index is 303. The summed E-state index contributed by atoms with van der Waals surface area (Å²) in [7, 11) is 0. The van der Waals surface area contributed by atoms with Gasteiger partial charge in [0.2, 0.25) is 0 Å². The molecular formula is C13H17N. The van der Waals surface area contributed by atoms with Crippen LogP contribution < -0.4 is 5.73 Å². The predicted molar refractivity (Wildman–Crippen MR) is 62.9 cm³/mol. The van der Waals surface area contributed by atoms with Crippen LogP contribution in [0.3, 0.4) is 0 Å². The summed E-state index contributed by atoms with van der Waals surface area (Å²) in [6.45, 7) is 2.77. The third-order valence-electron chi connectivity index (χ3n) is 2.14. The molecule has 1 aromatic carbocycles. The van der Waals surface area contributed by atoms with Crippen molar-refractivity contribution in [2.45, 2.75) is 13.3 Å². The molecule has 0 aliphatic rings. The zero-order chi connectivity index (χ0) is 10.2. The topological polar surface area (TPSA) is 26.0 Å². The number of hydrogen-bond donors (Lipinski definition) is 1. The molecule has 1 aromatic rings. The lowest BCUT2D eigenvalue weighted by Gasteiger charge is -1.96. The Hall–Kier alpha value is -1.34. The summed E-state index contributed by atoms with van der Waals surface area (Å²) in [5.74, 6) is 0. The zero-order valence-electron chi connectivity index (χ0n) is 8.61. The maximum absolute atomic E-state index is 5.56. The highest BCUT2D eigenvalue weighted by molar-refractivity contribution is 5.50. The fourth-order valence-corrected chi connectivity index (χ4v) is 1.19. The lowest BCUT2D eigenvalue weighted by atomic mass is 10.1. The average molecular weight is 187 g/mol. The smallest absolute Gasteiger partial charge is 0.0139 e. The molecule has 0 radical (unpaired) electrons. The van der Waals surface area contributed by atoms with E-state index in [1.807, 2.05) is 18.2 Å². The van der Waals surface area contributed by atoms with Crippen LogP contribution in [0.4, 0.5) is 0 Å². The van der Waals surface area contributed by atoms with E-state index in [4.69, 9.17) is 5.73 Å². The minimum Gasteiger partial charge on any atom is -0.327 e. The number of allylic oxidation sites excluding steroid dienone is 2. The zero-order valence-corrected chi connectivity index (χ0v) is 8.61. The van der Waals surface area contributed by atoms with Crippen molar-refractivity contribution in [2.75, 3.05) is 6.54 Å². The van der Waals surface area contributed by atoms with E-state index in [1.165, 1.54) is 11.1 Å². The second-order valence-electron chi connectivity index (χ2n) is 3.15. The van der Waals surface area contributed by atoms with Crippen LogP contribution in [0.1, 0.15) is 18.9 Å². The molecule has 0 spiro atoms. The quantitative estimate of drug-likeness (QED) is 0.720. The van der Waals surface area contributed by atoms with E-state index >= 15 is 0 Å². The molecule has 0 saturated heterocycles. The molecule has 0 saturated carbocycles. The summed E-state index contributed by atoms with van der Waals surface area (Å²) in [5, 5.41) is 0. The van der Waals surface area contributed by atoms with Crippen molar-refractivity contribution < 1.29 is 0 Å². The van der Waals surface area contributed by atoms with Gasteiger partial charge in [0.1, 0.15) is 0 Å². The van der Waals surface area contributed by atoms with E-state index in [-0.39, 0.29) is 0 Å². The Kier molecular flexibility index (Phi) is 4.73. The fraction of sp³-hybridized carbons (Fsp3) is 0.231. The van der Waals surface area contributed by atoms with E-state index < -0.39 is 0 Å². The van der Waals surface area contributed by atoms with E-state index in [0.29, 0.717) is 6.54 Å². The lowest BCUT2D eigenvalue weighted by molar-refractivity contribution is 1.01. The van der Waals surface area contributed by atoms with Gasteiger partial charge in [0, 0.05) is 6.54 Å². The largest absolute Gasteiger partial charge is 0.327 e. The van der Waals surface area contributed by atoms with Crippen LogP contribution in [0.15, 0.2) is 48.1 Å². The summed E-state index contributed by atoms with van der Waals surface area (Å²) < 4.78 is 0. The SMILES string of the molecule is CCC(=CC=Cc1ccccc1)CN. The van der Waals surface area contributed by atoms with Crippen LogP contribution in [-0.4, -0.2) is 6.54 Å². The molecular weight excluding hydrogens is 170 g/mol. The van der Waals surface area contributed by atoms with Crippen molar-refractivity contribution in [3.8, 4) is 0 Å². The summed E-state index contributed by atoms with van der Waals surface area (Å²) in [6, 6.07) is 10.3. The molecule has 1 rings (SSSR count). The molecule has 0 aromatic heterocycles. The normalized spacial score (nSPS) is 12.3. The van der Waals surface area contributed by atoms with Crippen LogP contribution in [0.25, 0.3) is 6.08 Å². The Morgan fingerprint density at radius 2 is 2.00 bits per heavy atom. The Morgan fingerprint density at radius 1 is 1.29 bits per heavy atom. The summed E-state index contributed by atoms with van der Waals surface area (Å²) in [6.07, 6.45) is 7.26. The molecule has 0 aliphatic heterocycles. The molecule has 1 nitrogen and oxygen atoms in total. The molecule has 0 bridgehead atoms. The van der Waals surface area contributed by atoms with E-state index in [2.05, 4.69) is 37.3 Å². The van der Waals surface area contributed by atoms with E-state index in [1.54, 1.807) is 0 Å². The minimum absolute atomic E-state index is 0.648. The highest BCUT2D eigenvalue weighted by Gasteiger charge is 1.86. The number of rotatable bonds is 4. The Balaban J connectivity index is 2.61. The summed E-state index contributed by atoms with van der Waals surface area (Å²) in [5.41, 5.74) is 8.05. The van der Waals surface area contributed by atoms with Crippen LogP contribution in [0.5, 0.6) is 0 Å². The van der Waals surface area contributed by atoms with Crippen LogP contribution in [0, 0.1) is 0 Å².